The lowest BCUT2D eigenvalue weighted by molar-refractivity contribution is -0.159. The highest BCUT2D eigenvalue weighted by molar-refractivity contribution is 7.80. The van der Waals surface area contributed by atoms with E-state index >= 15 is 0 Å². The molecule has 11 heteroatoms. The van der Waals surface area contributed by atoms with Crippen LogP contribution in [0.15, 0.2) is 54.6 Å². The van der Waals surface area contributed by atoms with Gasteiger partial charge in [0.1, 0.15) is 29.3 Å². The Kier molecular flexibility index (Phi) is 13.1. The minimum Gasteiger partial charge on any atom is -0.458 e. The molecule has 0 radical (unpaired) electrons. The monoisotopic (exact) mass is 615 g/mol. The zero-order valence-corrected chi connectivity index (χ0v) is 26.9. The molecule has 0 aromatic heterocycles. The van der Waals surface area contributed by atoms with Gasteiger partial charge in [-0.05, 0) is 59.6 Å². The molecule has 0 aliphatic heterocycles. The Morgan fingerprint density at radius 3 is 1.95 bits per heavy atom. The topological polar surface area (TPSA) is 134 Å². The van der Waals surface area contributed by atoms with Gasteiger partial charge in [-0.15, -0.1) is 0 Å². The van der Waals surface area contributed by atoms with Crippen molar-refractivity contribution in [3.8, 4) is 0 Å². The average Bonchev–Trinajstić information content (AvgIpc) is 2.90. The van der Waals surface area contributed by atoms with E-state index in [9.17, 15) is 24.3 Å². The molecule has 0 heterocycles. The second-order valence-corrected chi connectivity index (χ2v) is 12.6. The molecule has 0 saturated carbocycles. The van der Waals surface area contributed by atoms with Crippen molar-refractivity contribution in [2.24, 2.45) is 0 Å². The minimum atomic E-state index is -1.26. The van der Waals surface area contributed by atoms with Gasteiger partial charge in [0.05, 0.1) is 6.61 Å². The summed E-state index contributed by atoms with van der Waals surface area (Å²) in [5.41, 5.74) is 0.560. The first-order valence-corrected chi connectivity index (χ1v) is 14.8. The summed E-state index contributed by atoms with van der Waals surface area (Å²) in [5.74, 6) is -2.05. The van der Waals surface area contributed by atoms with Crippen molar-refractivity contribution < 1.29 is 33.8 Å². The zero-order chi connectivity index (χ0) is 32.4. The lowest BCUT2D eigenvalue weighted by Crippen LogP contribution is -2.56. The third kappa shape index (κ3) is 11.9. The normalized spacial score (nSPS) is 13.7. The third-order valence-corrected chi connectivity index (χ3v) is 6.40. The van der Waals surface area contributed by atoms with Gasteiger partial charge < -0.3 is 30.1 Å². The first-order chi connectivity index (χ1) is 20.0. The van der Waals surface area contributed by atoms with E-state index in [0.717, 1.165) is 11.1 Å². The smallest absolute Gasteiger partial charge is 0.408 e. The number of ether oxygens (including phenoxy) is 2. The lowest BCUT2D eigenvalue weighted by atomic mass is 10.00. The van der Waals surface area contributed by atoms with Gasteiger partial charge in [0.2, 0.25) is 11.8 Å². The van der Waals surface area contributed by atoms with E-state index in [1.807, 2.05) is 37.3 Å². The fraction of sp³-hybridized carbons (Fsp3) is 0.500. The number of thiol groups is 1. The molecule has 3 unspecified atom stereocenters. The first kappa shape index (κ1) is 35.6. The van der Waals surface area contributed by atoms with Gasteiger partial charge >= 0.3 is 12.1 Å². The molecular formula is C32H45N3O7S. The Morgan fingerprint density at radius 2 is 1.44 bits per heavy atom. The number of nitrogens with zero attached hydrogens (tertiary/aromatic N) is 1. The number of carbonyl (C=O) groups is 4. The summed E-state index contributed by atoms with van der Waals surface area (Å²) in [7, 11) is 0. The highest BCUT2D eigenvalue weighted by atomic mass is 32.1. The molecule has 3 N–H and O–H groups in total. The zero-order valence-electron chi connectivity index (χ0n) is 26.0. The van der Waals surface area contributed by atoms with Crippen LogP contribution in [0, 0.1) is 6.92 Å². The number of hydrogen-bond donors (Lipinski definition) is 4. The van der Waals surface area contributed by atoms with Crippen LogP contribution in [-0.2, 0) is 30.3 Å². The maximum absolute atomic E-state index is 14.1. The number of amides is 3. The number of carbonyl (C=O) groups excluding carboxylic acids is 4. The Morgan fingerprint density at radius 1 is 0.860 bits per heavy atom. The van der Waals surface area contributed by atoms with Gasteiger partial charge in [-0.3, -0.25) is 9.59 Å². The van der Waals surface area contributed by atoms with E-state index in [1.165, 1.54) is 4.90 Å². The molecule has 43 heavy (non-hydrogen) atoms. The van der Waals surface area contributed by atoms with Crippen LogP contribution >= 0.6 is 12.6 Å². The molecule has 0 bridgehead atoms. The van der Waals surface area contributed by atoms with Gasteiger partial charge in [0.25, 0.3) is 0 Å². The summed E-state index contributed by atoms with van der Waals surface area (Å²) in [6.07, 6.45) is -0.678. The van der Waals surface area contributed by atoms with Crippen LogP contribution in [0.1, 0.15) is 64.3 Å². The molecule has 0 spiro atoms. The molecule has 2 rings (SSSR count). The van der Waals surface area contributed by atoms with Crippen molar-refractivity contribution in [1.82, 2.24) is 15.5 Å². The van der Waals surface area contributed by atoms with Crippen LogP contribution in [0.2, 0.25) is 0 Å². The lowest BCUT2D eigenvalue weighted by Gasteiger charge is -2.34. The molecule has 0 aliphatic rings. The maximum atomic E-state index is 14.1. The number of nitrogens with one attached hydrogen (secondary N) is 2. The molecule has 236 valence electrons. The summed E-state index contributed by atoms with van der Waals surface area (Å²) >= 11 is 4.26. The van der Waals surface area contributed by atoms with E-state index in [4.69, 9.17) is 9.47 Å². The molecule has 3 amide bonds. The average molecular weight is 616 g/mol. The number of aliphatic hydroxyl groups excluding tert-OH is 1. The van der Waals surface area contributed by atoms with Crippen LogP contribution in [0.4, 0.5) is 4.79 Å². The van der Waals surface area contributed by atoms with E-state index in [1.54, 1.807) is 65.8 Å². The Bertz CT molecular complexity index is 1220. The Labute approximate surface area is 259 Å². The number of benzene rings is 2. The number of aliphatic hydroxyl groups is 1. The summed E-state index contributed by atoms with van der Waals surface area (Å²) in [4.78, 5) is 55.0. The second-order valence-electron chi connectivity index (χ2n) is 12.2. The minimum absolute atomic E-state index is 0.100. The summed E-state index contributed by atoms with van der Waals surface area (Å²) in [5, 5.41) is 15.3. The number of rotatable bonds is 12. The second kappa shape index (κ2) is 15.8. The highest BCUT2D eigenvalue weighted by Gasteiger charge is 2.38. The molecule has 10 nitrogen and oxygen atoms in total. The predicted molar refractivity (Wildman–Crippen MR) is 168 cm³/mol. The van der Waals surface area contributed by atoms with Crippen LogP contribution < -0.4 is 10.6 Å². The van der Waals surface area contributed by atoms with Gasteiger partial charge in [-0.2, -0.15) is 12.6 Å². The van der Waals surface area contributed by atoms with Crippen molar-refractivity contribution >= 4 is 36.5 Å². The van der Waals surface area contributed by atoms with Crippen LogP contribution in [0.5, 0.6) is 0 Å². The SMILES string of the molecule is Cc1ccc(C(C(=O)NC(Cc2ccccc2)C(=O)OC(C)(C)C)N(CCO)C(=O)C(CS)NC(=O)OC(C)(C)C)cc1. The Hall–Kier alpha value is -3.57. The van der Waals surface area contributed by atoms with E-state index in [0.29, 0.717) is 5.56 Å². The van der Waals surface area contributed by atoms with Gasteiger partial charge in [0, 0.05) is 18.7 Å². The first-order valence-electron chi connectivity index (χ1n) is 14.2. The van der Waals surface area contributed by atoms with Crippen LogP contribution in [0.25, 0.3) is 0 Å². The van der Waals surface area contributed by atoms with Gasteiger partial charge in [-0.25, -0.2) is 9.59 Å². The molecular weight excluding hydrogens is 570 g/mol. The third-order valence-electron chi connectivity index (χ3n) is 6.04. The molecule has 3 atom stereocenters. The summed E-state index contributed by atoms with van der Waals surface area (Å²) in [6, 6.07) is 12.7. The highest BCUT2D eigenvalue weighted by Crippen LogP contribution is 2.24. The van der Waals surface area contributed by atoms with Crippen LogP contribution in [0.3, 0.4) is 0 Å². The predicted octanol–water partition coefficient (Wildman–Crippen LogP) is 3.75. The molecule has 2 aromatic carbocycles. The maximum Gasteiger partial charge on any atom is 0.408 e. The van der Waals surface area contributed by atoms with Crippen molar-refractivity contribution in [2.75, 3.05) is 18.9 Å². The van der Waals surface area contributed by atoms with Crippen molar-refractivity contribution in [1.29, 1.82) is 0 Å². The van der Waals surface area contributed by atoms with E-state index in [2.05, 4.69) is 23.3 Å². The van der Waals surface area contributed by atoms with Gasteiger partial charge in [-0.1, -0.05) is 60.2 Å². The molecule has 2 aromatic rings. The van der Waals surface area contributed by atoms with Crippen molar-refractivity contribution in [2.45, 2.75) is 84.2 Å². The molecule has 0 saturated heterocycles. The number of esters is 1. The number of alkyl carbamates (subject to hydrolysis) is 1. The van der Waals surface area contributed by atoms with Crippen molar-refractivity contribution in [3.05, 3.63) is 71.3 Å². The van der Waals surface area contributed by atoms with Crippen molar-refractivity contribution in [3.63, 3.8) is 0 Å². The molecule has 0 fully saturated rings. The standard InChI is InChI=1S/C32H45N3O7S/c1-21-13-15-23(16-14-21)26(35(17-18-36)28(38)25(20-43)34-30(40)42-32(5,6)7)27(37)33-24(29(39)41-31(2,3)4)19-22-11-9-8-10-12-22/h8-16,24-26,36,43H,17-20H2,1-7H3,(H,33,37)(H,34,40). The van der Waals surface area contributed by atoms with Gasteiger partial charge in [0.15, 0.2) is 0 Å². The fourth-order valence-electron chi connectivity index (χ4n) is 4.20. The number of hydrogen-bond acceptors (Lipinski definition) is 8. The number of aryl methyl sites for hydroxylation is 1. The Balaban J connectivity index is 2.51. The largest absolute Gasteiger partial charge is 0.458 e. The summed E-state index contributed by atoms with van der Waals surface area (Å²) < 4.78 is 10.9. The quantitative estimate of drug-likeness (QED) is 0.211. The van der Waals surface area contributed by atoms with E-state index in [-0.39, 0.29) is 18.7 Å². The summed E-state index contributed by atoms with van der Waals surface area (Å²) in [6.45, 7) is 11.5. The fourth-order valence-corrected chi connectivity index (χ4v) is 4.45. The van der Waals surface area contributed by atoms with E-state index < -0.39 is 59.8 Å². The molecule has 0 aliphatic carbocycles. The van der Waals surface area contributed by atoms with Crippen LogP contribution in [-0.4, -0.2) is 76.1 Å².